The predicted octanol–water partition coefficient (Wildman–Crippen LogP) is 5.69. The Kier molecular flexibility index (Phi) is 7.17. The highest BCUT2D eigenvalue weighted by Crippen LogP contribution is 2.28. The number of fused-ring (bicyclic) bond motifs is 1. The number of hydrogen-bond donors (Lipinski definition) is 2. The number of hydrogen-bond acceptors (Lipinski definition) is 5. The fourth-order valence-electron chi connectivity index (χ4n) is 4.43. The molecule has 0 saturated heterocycles. The molecule has 0 aliphatic heterocycles. The Morgan fingerprint density at radius 2 is 1.61 bits per heavy atom. The largest absolute Gasteiger partial charge is 0.496 e. The van der Waals surface area contributed by atoms with Gasteiger partial charge in [-0.15, -0.1) is 0 Å². The first-order chi connectivity index (χ1) is 18.5. The van der Waals surface area contributed by atoms with Gasteiger partial charge in [-0.1, -0.05) is 42.5 Å². The van der Waals surface area contributed by atoms with E-state index in [9.17, 15) is 9.59 Å². The Bertz CT molecular complexity index is 1640. The Labute approximate surface area is 220 Å². The Morgan fingerprint density at radius 1 is 0.895 bits per heavy atom. The summed E-state index contributed by atoms with van der Waals surface area (Å²) in [6.07, 6.45) is 0. The van der Waals surface area contributed by atoms with Crippen LogP contribution in [0.2, 0.25) is 0 Å². The van der Waals surface area contributed by atoms with Crippen LogP contribution in [-0.4, -0.2) is 22.6 Å². The van der Waals surface area contributed by atoms with Gasteiger partial charge in [-0.2, -0.15) is 0 Å². The van der Waals surface area contributed by atoms with Gasteiger partial charge < -0.3 is 15.4 Å². The summed E-state index contributed by atoms with van der Waals surface area (Å²) in [6.45, 7) is 2.38. The molecule has 38 heavy (non-hydrogen) atoms. The Balaban J connectivity index is 1.51. The zero-order chi connectivity index (χ0) is 26.5. The summed E-state index contributed by atoms with van der Waals surface area (Å²) < 4.78 is 7.36. The normalized spacial score (nSPS) is 10.8. The lowest BCUT2D eigenvalue weighted by molar-refractivity contribution is -0.114. The number of rotatable bonds is 8. The van der Waals surface area contributed by atoms with Crippen molar-refractivity contribution in [3.63, 3.8) is 0 Å². The number of anilines is 2. The summed E-state index contributed by atoms with van der Waals surface area (Å²) in [4.78, 5) is 29.8. The smallest absolute Gasteiger partial charge is 0.261 e. The minimum Gasteiger partial charge on any atom is -0.496 e. The second kappa shape index (κ2) is 11.0. The van der Waals surface area contributed by atoms with E-state index in [0.717, 1.165) is 33.8 Å². The van der Waals surface area contributed by atoms with E-state index in [0.29, 0.717) is 29.8 Å². The number of nitrogens with zero attached hydrogens (tertiary/aromatic N) is 2. The monoisotopic (exact) mass is 504 g/mol. The van der Waals surface area contributed by atoms with Gasteiger partial charge in [0.1, 0.15) is 11.6 Å². The van der Waals surface area contributed by atoms with Crippen LogP contribution >= 0.6 is 0 Å². The quantitative estimate of drug-likeness (QED) is 0.284. The van der Waals surface area contributed by atoms with E-state index in [4.69, 9.17) is 9.72 Å². The molecule has 0 saturated carbocycles. The highest BCUT2D eigenvalue weighted by molar-refractivity contribution is 5.88. The molecule has 0 fully saturated rings. The standard InChI is InChI=1S/C31H28N4O3/c1-21(36)33-26-15-13-25(14-16-26)32-19-24-18-23(12-17-29(24)38-2)30-34-28-11-7-6-10-27(28)31(37)35(30)20-22-8-4-3-5-9-22/h3-18,32H,19-20H2,1-2H3,(H,33,36). The molecule has 2 N–H and O–H groups in total. The van der Waals surface area contributed by atoms with Crippen LogP contribution in [0.5, 0.6) is 5.75 Å². The molecule has 1 heterocycles. The van der Waals surface area contributed by atoms with E-state index < -0.39 is 0 Å². The number of benzene rings is 4. The number of amides is 1. The third kappa shape index (κ3) is 5.42. The van der Waals surface area contributed by atoms with Crippen LogP contribution in [0.4, 0.5) is 11.4 Å². The third-order valence-corrected chi connectivity index (χ3v) is 6.27. The van der Waals surface area contributed by atoms with Crippen LogP contribution in [0, 0.1) is 0 Å². The van der Waals surface area contributed by atoms with Crippen LogP contribution in [0.1, 0.15) is 18.1 Å². The van der Waals surface area contributed by atoms with Crippen molar-refractivity contribution in [1.29, 1.82) is 0 Å². The first-order valence-electron chi connectivity index (χ1n) is 12.3. The molecule has 0 aliphatic rings. The number of carbonyl (C=O) groups excluding carboxylic acids is 1. The molecule has 0 unspecified atom stereocenters. The highest BCUT2D eigenvalue weighted by Gasteiger charge is 2.15. The van der Waals surface area contributed by atoms with Crippen LogP contribution in [0.15, 0.2) is 102 Å². The lowest BCUT2D eigenvalue weighted by Gasteiger charge is -2.16. The van der Waals surface area contributed by atoms with Crippen LogP contribution in [-0.2, 0) is 17.9 Å². The number of ether oxygens (including phenoxy) is 1. The third-order valence-electron chi connectivity index (χ3n) is 6.27. The molecule has 1 aromatic heterocycles. The summed E-state index contributed by atoms with van der Waals surface area (Å²) in [5.41, 5.74) is 4.98. The van der Waals surface area contributed by atoms with Crippen molar-refractivity contribution in [3.8, 4) is 17.1 Å². The molecule has 190 valence electrons. The molecule has 0 atom stereocenters. The van der Waals surface area contributed by atoms with Gasteiger partial charge in [0, 0.05) is 36.0 Å². The first kappa shape index (κ1) is 24.8. The van der Waals surface area contributed by atoms with Gasteiger partial charge in [0.2, 0.25) is 5.91 Å². The van der Waals surface area contributed by atoms with E-state index in [2.05, 4.69) is 10.6 Å². The Morgan fingerprint density at radius 3 is 2.34 bits per heavy atom. The average Bonchev–Trinajstić information content (AvgIpc) is 2.94. The van der Waals surface area contributed by atoms with Crippen molar-refractivity contribution in [3.05, 3.63) is 119 Å². The summed E-state index contributed by atoms with van der Waals surface area (Å²) in [6, 6.07) is 30.7. The molecular formula is C31H28N4O3. The van der Waals surface area contributed by atoms with Gasteiger partial charge in [0.25, 0.3) is 5.56 Å². The Hall–Kier alpha value is -4.91. The molecule has 7 heteroatoms. The molecule has 4 aromatic carbocycles. The van der Waals surface area contributed by atoms with Crippen molar-refractivity contribution < 1.29 is 9.53 Å². The van der Waals surface area contributed by atoms with E-state index in [1.807, 2.05) is 97.1 Å². The summed E-state index contributed by atoms with van der Waals surface area (Å²) in [7, 11) is 1.64. The lowest BCUT2D eigenvalue weighted by atomic mass is 10.1. The van der Waals surface area contributed by atoms with E-state index in [1.54, 1.807) is 11.7 Å². The van der Waals surface area contributed by atoms with Crippen molar-refractivity contribution in [2.45, 2.75) is 20.0 Å². The maximum atomic E-state index is 13.6. The van der Waals surface area contributed by atoms with Crippen molar-refractivity contribution in [1.82, 2.24) is 9.55 Å². The molecule has 5 aromatic rings. The van der Waals surface area contributed by atoms with E-state index in [-0.39, 0.29) is 11.5 Å². The van der Waals surface area contributed by atoms with Gasteiger partial charge in [-0.25, -0.2) is 4.98 Å². The van der Waals surface area contributed by atoms with Gasteiger partial charge in [-0.05, 0) is 60.2 Å². The maximum absolute atomic E-state index is 13.6. The molecule has 0 spiro atoms. The minimum absolute atomic E-state index is 0.0794. The zero-order valence-electron chi connectivity index (χ0n) is 21.3. The van der Waals surface area contributed by atoms with Gasteiger partial charge in [0.15, 0.2) is 0 Å². The minimum atomic E-state index is -0.111. The number of methoxy groups -OCH3 is 1. The lowest BCUT2D eigenvalue weighted by Crippen LogP contribution is -2.24. The first-order valence-corrected chi connectivity index (χ1v) is 12.3. The fraction of sp³-hybridized carbons (Fsp3) is 0.129. The zero-order valence-corrected chi connectivity index (χ0v) is 21.3. The molecule has 0 radical (unpaired) electrons. The molecular weight excluding hydrogens is 476 g/mol. The second-order valence-electron chi connectivity index (χ2n) is 8.97. The molecule has 1 amide bonds. The average molecular weight is 505 g/mol. The van der Waals surface area contributed by atoms with Crippen molar-refractivity contribution in [2.24, 2.45) is 0 Å². The van der Waals surface area contributed by atoms with Gasteiger partial charge in [-0.3, -0.25) is 14.2 Å². The summed E-state index contributed by atoms with van der Waals surface area (Å²) in [5, 5.41) is 6.76. The second-order valence-corrected chi connectivity index (χ2v) is 8.97. The van der Waals surface area contributed by atoms with E-state index >= 15 is 0 Å². The topological polar surface area (TPSA) is 85.2 Å². The maximum Gasteiger partial charge on any atom is 0.261 e. The van der Waals surface area contributed by atoms with Crippen molar-refractivity contribution in [2.75, 3.05) is 17.7 Å². The van der Waals surface area contributed by atoms with Crippen LogP contribution < -0.4 is 20.9 Å². The summed E-state index contributed by atoms with van der Waals surface area (Å²) >= 11 is 0. The number of aromatic nitrogens is 2. The SMILES string of the molecule is COc1ccc(-c2nc3ccccc3c(=O)n2Cc2ccccc2)cc1CNc1ccc(NC(C)=O)cc1. The molecule has 7 nitrogen and oxygen atoms in total. The van der Waals surface area contributed by atoms with Crippen molar-refractivity contribution >= 4 is 28.2 Å². The number of carbonyl (C=O) groups is 1. The predicted molar refractivity (Wildman–Crippen MR) is 152 cm³/mol. The molecule has 5 rings (SSSR count). The highest BCUT2D eigenvalue weighted by atomic mass is 16.5. The van der Waals surface area contributed by atoms with Crippen LogP contribution in [0.25, 0.3) is 22.3 Å². The van der Waals surface area contributed by atoms with Crippen LogP contribution in [0.3, 0.4) is 0 Å². The summed E-state index contributed by atoms with van der Waals surface area (Å²) in [5.74, 6) is 1.22. The molecule has 0 bridgehead atoms. The number of nitrogens with one attached hydrogen (secondary N) is 2. The molecule has 0 aliphatic carbocycles. The van der Waals surface area contributed by atoms with Gasteiger partial charge in [0.05, 0.1) is 24.6 Å². The fourth-order valence-corrected chi connectivity index (χ4v) is 4.43. The van der Waals surface area contributed by atoms with E-state index in [1.165, 1.54) is 6.92 Å². The van der Waals surface area contributed by atoms with Gasteiger partial charge >= 0.3 is 0 Å². The number of para-hydroxylation sites is 1.